The number of hydrogen-bond acceptors (Lipinski definition) is 4. The molecule has 0 aliphatic carbocycles. The number of halogens is 1. The van der Waals surface area contributed by atoms with Gasteiger partial charge < -0.3 is 9.88 Å². The van der Waals surface area contributed by atoms with Crippen molar-refractivity contribution in [1.29, 1.82) is 0 Å². The van der Waals surface area contributed by atoms with Crippen LogP contribution in [0.4, 0.5) is 0 Å². The number of hydrogen-bond donors (Lipinski definition) is 1. The lowest BCUT2D eigenvalue weighted by molar-refractivity contribution is -0.118. The van der Waals surface area contributed by atoms with Crippen molar-refractivity contribution >= 4 is 29.3 Å². The minimum atomic E-state index is -0.0269. The molecule has 1 N–H and O–H groups in total. The van der Waals surface area contributed by atoms with Gasteiger partial charge >= 0.3 is 0 Å². The summed E-state index contributed by atoms with van der Waals surface area (Å²) >= 11 is 7.40. The lowest BCUT2D eigenvalue weighted by Gasteiger charge is -2.12. The van der Waals surface area contributed by atoms with Crippen LogP contribution in [0.15, 0.2) is 59.8 Å². The number of aromatic nitrogens is 3. The van der Waals surface area contributed by atoms with Crippen LogP contribution in [-0.4, -0.2) is 26.4 Å². The summed E-state index contributed by atoms with van der Waals surface area (Å²) in [5.74, 6) is 1.48. The molecule has 0 aliphatic rings. The molecule has 0 fully saturated rings. The Morgan fingerprint density at radius 3 is 2.50 bits per heavy atom. The first-order chi connectivity index (χ1) is 13.5. The highest BCUT2D eigenvalue weighted by Gasteiger charge is 2.16. The first-order valence-corrected chi connectivity index (χ1v) is 10.5. The van der Waals surface area contributed by atoms with E-state index in [0.29, 0.717) is 23.2 Å². The molecule has 5 nitrogen and oxygen atoms in total. The largest absolute Gasteiger partial charge is 0.351 e. The number of nitrogens with zero attached hydrogens (tertiary/aromatic N) is 3. The van der Waals surface area contributed by atoms with Crippen LogP contribution in [0.25, 0.3) is 11.4 Å². The van der Waals surface area contributed by atoms with E-state index in [0.717, 1.165) is 28.7 Å². The van der Waals surface area contributed by atoms with E-state index in [-0.39, 0.29) is 5.91 Å². The number of rotatable bonds is 8. The maximum Gasteiger partial charge on any atom is 0.230 e. The van der Waals surface area contributed by atoms with Crippen molar-refractivity contribution in [3.63, 3.8) is 0 Å². The first kappa shape index (κ1) is 20.4. The fourth-order valence-electron chi connectivity index (χ4n) is 2.72. The molecule has 0 atom stereocenters. The van der Waals surface area contributed by atoms with Crippen molar-refractivity contribution in [2.75, 3.05) is 5.75 Å². The molecule has 1 amide bonds. The molecule has 0 radical (unpaired) electrons. The highest BCUT2D eigenvalue weighted by molar-refractivity contribution is 7.99. The minimum absolute atomic E-state index is 0.0269. The predicted octanol–water partition coefficient (Wildman–Crippen LogP) is 4.66. The van der Waals surface area contributed by atoms with E-state index < -0.39 is 0 Å². The molecule has 7 heteroatoms. The Hall–Kier alpha value is -2.31. The molecule has 0 spiro atoms. The quantitative estimate of drug-likeness (QED) is 0.544. The summed E-state index contributed by atoms with van der Waals surface area (Å²) in [5.41, 5.74) is 2.03. The number of benzene rings is 2. The summed E-state index contributed by atoms with van der Waals surface area (Å²) < 4.78 is 2.07. The van der Waals surface area contributed by atoms with Crippen LogP contribution >= 0.6 is 23.4 Å². The Morgan fingerprint density at radius 2 is 1.82 bits per heavy atom. The summed E-state index contributed by atoms with van der Waals surface area (Å²) in [7, 11) is 0. The topological polar surface area (TPSA) is 59.8 Å². The standard InChI is InChI=1S/C21H23ClN4OS/c1-15(2)13-26-20(17-8-10-18(22)11-9-17)24-25-21(26)28-14-19(27)23-12-16-6-4-3-5-7-16/h3-11,15H,12-14H2,1-2H3,(H,23,27). The molecule has 1 heterocycles. The third-order valence-corrected chi connectivity index (χ3v) is 5.25. The van der Waals surface area contributed by atoms with Gasteiger partial charge in [0.15, 0.2) is 11.0 Å². The van der Waals surface area contributed by atoms with Gasteiger partial charge in [-0.15, -0.1) is 10.2 Å². The Labute approximate surface area is 174 Å². The van der Waals surface area contributed by atoms with Gasteiger partial charge in [-0.1, -0.05) is 67.5 Å². The molecule has 0 saturated heterocycles. The van der Waals surface area contributed by atoms with Gasteiger partial charge in [0.25, 0.3) is 0 Å². The molecule has 3 aromatic rings. The fraction of sp³-hybridized carbons (Fsp3) is 0.286. The summed E-state index contributed by atoms with van der Waals surface area (Å²) in [6.45, 7) is 5.59. The average molecular weight is 415 g/mol. The Morgan fingerprint density at radius 1 is 1.11 bits per heavy atom. The van der Waals surface area contributed by atoms with E-state index >= 15 is 0 Å². The molecule has 1 aromatic heterocycles. The predicted molar refractivity (Wildman–Crippen MR) is 114 cm³/mol. The summed E-state index contributed by atoms with van der Waals surface area (Å²) in [5, 5.41) is 13.0. The van der Waals surface area contributed by atoms with Crippen LogP contribution in [0.1, 0.15) is 19.4 Å². The monoisotopic (exact) mass is 414 g/mol. The van der Waals surface area contributed by atoms with Crippen LogP contribution in [-0.2, 0) is 17.9 Å². The van der Waals surface area contributed by atoms with Gasteiger partial charge in [0.2, 0.25) is 5.91 Å². The van der Waals surface area contributed by atoms with Crippen LogP contribution in [0.5, 0.6) is 0 Å². The van der Waals surface area contributed by atoms with Gasteiger partial charge in [-0.3, -0.25) is 4.79 Å². The van der Waals surface area contributed by atoms with Gasteiger partial charge in [-0.05, 0) is 35.7 Å². The maximum absolute atomic E-state index is 12.2. The highest BCUT2D eigenvalue weighted by Crippen LogP contribution is 2.26. The van der Waals surface area contributed by atoms with Crippen molar-refractivity contribution < 1.29 is 4.79 Å². The fourth-order valence-corrected chi connectivity index (χ4v) is 3.62. The lowest BCUT2D eigenvalue weighted by atomic mass is 10.2. The molecule has 28 heavy (non-hydrogen) atoms. The van der Waals surface area contributed by atoms with Crippen LogP contribution in [0.3, 0.4) is 0 Å². The van der Waals surface area contributed by atoms with Crippen LogP contribution in [0.2, 0.25) is 5.02 Å². The molecular weight excluding hydrogens is 392 g/mol. The van der Waals surface area contributed by atoms with Crippen molar-refractivity contribution in [3.8, 4) is 11.4 Å². The normalized spacial score (nSPS) is 11.0. The molecule has 0 saturated carbocycles. The first-order valence-electron chi connectivity index (χ1n) is 9.15. The van der Waals surface area contributed by atoms with E-state index in [4.69, 9.17) is 11.6 Å². The molecule has 3 rings (SSSR count). The highest BCUT2D eigenvalue weighted by atomic mass is 35.5. The minimum Gasteiger partial charge on any atom is -0.351 e. The second kappa shape index (κ2) is 9.75. The zero-order valence-electron chi connectivity index (χ0n) is 15.9. The van der Waals surface area contributed by atoms with Crippen molar-refractivity contribution in [1.82, 2.24) is 20.1 Å². The van der Waals surface area contributed by atoms with Gasteiger partial charge in [-0.25, -0.2) is 0 Å². The molecular formula is C21H23ClN4OS. The maximum atomic E-state index is 12.2. The van der Waals surface area contributed by atoms with Crippen LogP contribution < -0.4 is 5.32 Å². The molecule has 0 aliphatic heterocycles. The third-order valence-electron chi connectivity index (χ3n) is 4.03. The van der Waals surface area contributed by atoms with E-state index in [1.165, 1.54) is 11.8 Å². The van der Waals surface area contributed by atoms with Gasteiger partial charge in [-0.2, -0.15) is 0 Å². The molecule has 2 aromatic carbocycles. The van der Waals surface area contributed by atoms with Crippen molar-refractivity contribution in [2.24, 2.45) is 5.92 Å². The number of nitrogens with one attached hydrogen (secondary N) is 1. The van der Waals surface area contributed by atoms with E-state index in [1.54, 1.807) is 0 Å². The number of carbonyl (C=O) groups is 1. The van der Waals surface area contributed by atoms with Crippen LogP contribution in [0, 0.1) is 5.92 Å². The SMILES string of the molecule is CC(C)Cn1c(SCC(=O)NCc2ccccc2)nnc1-c1ccc(Cl)cc1. The summed E-state index contributed by atoms with van der Waals surface area (Å²) in [6, 6.07) is 17.4. The number of amides is 1. The Balaban J connectivity index is 1.67. The van der Waals surface area contributed by atoms with Gasteiger partial charge in [0.05, 0.1) is 5.75 Å². The van der Waals surface area contributed by atoms with Gasteiger partial charge in [0, 0.05) is 23.7 Å². The van der Waals surface area contributed by atoms with E-state index in [1.807, 2.05) is 54.6 Å². The second-order valence-corrected chi connectivity index (χ2v) is 8.25. The lowest BCUT2D eigenvalue weighted by Crippen LogP contribution is -2.24. The molecule has 146 valence electrons. The second-order valence-electron chi connectivity index (χ2n) is 6.87. The molecule has 0 unspecified atom stereocenters. The van der Waals surface area contributed by atoms with E-state index in [2.05, 4.69) is 33.9 Å². The van der Waals surface area contributed by atoms with Crippen molar-refractivity contribution in [2.45, 2.75) is 32.1 Å². The number of thioether (sulfide) groups is 1. The zero-order chi connectivity index (χ0) is 19.9. The van der Waals surface area contributed by atoms with Crippen molar-refractivity contribution in [3.05, 3.63) is 65.2 Å². The van der Waals surface area contributed by atoms with E-state index in [9.17, 15) is 4.79 Å². The third kappa shape index (κ3) is 5.59. The zero-order valence-corrected chi connectivity index (χ0v) is 17.5. The number of carbonyl (C=O) groups excluding carboxylic acids is 1. The summed E-state index contributed by atoms with van der Waals surface area (Å²) in [6.07, 6.45) is 0. The molecule has 0 bridgehead atoms. The van der Waals surface area contributed by atoms with Gasteiger partial charge in [0.1, 0.15) is 0 Å². The summed E-state index contributed by atoms with van der Waals surface area (Å²) in [4.78, 5) is 12.2. The Bertz CT molecular complexity index is 910. The Kier molecular flexibility index (Phi) is 7.12. The average Bonchev–Trinajstić information content (AvgIpc) is 3.08. The smallest absolute Gasteiger partial charge is 0.230 e.